The number of amides is 1. The fourth-order valence-corrected chi connectivity index (χ4v) is 5.43. The van der Waals surface area contributed by atoms with E-state index in [0.717, 1.165) is 36.4 Å². The molecule has 1 amide bonds. The molecule has 4 heterocycles. The van der Waals surface area contributed by atoms with E-state index in [-0.39, 0.29) is 11.7 Å². The average Bonchev–Trinajstić information content (AvgIpc) is 3.27. The molecule has 150 valence electrons. The second-order valence-corrected chi connectivity index (χ2v) is 9.07. The highest BCUT2D eigenvalue weighted by molar-refractivity contribution is 8.00. The number of hydrogen-bond donors (Lipinski definition) is 1. The van der Waals surface area contributed by atoms with Crippen molar-refractivity contribution < 1.29 is 9.32 Å². The Morgan fingerprint density at radius 2 is 2.00 bits per heavy atom. The Kier molecular flexibility index (Phi) is 4.63. The second-order valence-electron chi connectivity index (χ2n) is 7.11. The van der Waals surface area contributed by atoms with Crippen molar-refractivity contribution in [2.45, 2.75) is 25.8 Å². The zero-order chi connectivity index (χ0) is 20.8. The molecule has 1 aromatic carbocycles. The number of carbonyl (C=O) groups is 1. The van der Waals surface area contributed by atoms with Gasteiger partial charge in [-0.25, -0.2) is 15.0 Å². The molecule has 0 aliphatic heterocycles. The normalized spacial score (nSPS) is 11.6. The van der Waals surface area contributed by atoms with E-state index in [4.69, 9.17) is 9.51 Å². The van der Waals surface area contributed by atoms with Crippen molar-refractivity contribution in [3.8, 4) is 0 Å². The fourth-order valence-electron chi connectivity index (χ4n) is 3.44. The van der Waals surface area contributed by atoms with Gasteiger partial charge in [-0.3, -0.25) is 4.79 Å². The van der Waals surface area contributed by atoms with Crippen molar-refractivity contribution in [1.82, 2.24) is 20.1 Å². The van der Waals surface area contributed by atoms with Gasteiger partial charge in [0.1, 0.15) is 21.9 Å². The van der Waals surface area contributed by atoms with Crippen molar-refractivity contribution in [2.75, 3.05) is 11.1 Å². The van der Waals surface area contributed by atoms with Gasteiger partial charge in [-0.1, -0.05) is 23.0 Å². The quantitative estimate of drug-likeness (QED) is 0.312. The summed E-state index contributed by atoms with van der Waals surface area (Å²) < 4.78 is 5.91. The summed E-state index contributed by atoms with van der Waals surface area (Å²) in [4.78, 5) is 27.0. The van der Waals surface area contributed by atoms with E-state index in [9.17, 15) is 4.79 Å². The van der Waals surface area contributed by atoms with Crippen LogP contribution < -0.4 is 5.32 Å². The second kappa shape index (κ2) is 7.33. The van der Waals surface area contributed by atoms with Gasteiger partial charge in [0.05, 0.1) is 21.5 Å². The van der Waals surface area contributed by atoms with E-state index in [1.165, 1.54) is 22.9 Å². The molecule has 0 saturated carbocycles. The number of pyridine rings is 1. The minimum absolute atomic E-state index is 0.170. The van der Waals surface area contributed by atoms with Crippen molar-refractivity contribution in [3.05, 3.63) is 47.5 Å². The predicted octanol–water partition coefficient (Wildman–Crippen LogP) is 5.04. The van der Waals surface area contributed by atoms with E-state index in [1.54, 1.807) is 30.7 Å². The van der Waals surface area contributed by atoms with E-state index in [2.05, 4.69) is 52.5 Å². The highest BCUT2D eigenvalue weighted by atomic mass is 32.2. The van der Waals surface area contributed by atoms with Crippen molar-refractivity contribution >= 4 is 66.2 Å². The molecule has 0 aliphatic rings. The van der Waals surface area contributed by atoms with Gasteiger partial charge in [0.25, 0.3) is 0 Å². The van der Waals surface area contributed by atoms with Crippen molar-refractivity contribution in [3.63, 3.8) is 0 Å². The first-order valence-corrected chi connectivity index (χ1v) is 11.1. The molecule has 0 fully saturated rings. The monoisotopic (exact) mass is 435 g/mol. The number of aryl methyl sites for hydroxylation is 3. The first-order chi connectivity index (χ1) is 14.5. The molecular weight excluding hydrogens is 418 g/mol. The lowest BCUT2D eigenvalue weighted by Gasteiger charge is -2.04. The van der Waals surface area contributed by atoms with Crippen LogP contribution in [0.2, 0.25) is 0 Å². The molecule has 0 saturated heterocycles. The lowest BCUT2D eigenvalue weighted by molar-refractivity contribution is -0.113. The molecule has 1 N–H and O–H groups in total. The van der Waals surface area contributed by atoms with Crippen molar-refractivity contribution in [2.24, 2.45) is 0 Å². The van der Waals surface area contributed by atoms with Gasteiger partial charge in [-0.2, -0.15) is 0 Å². The molecule has 0 bridgehead atoms. The van der Waals surface area contributed by atoms with Crippen LogP contribution >= 0.6 is 23.1 Å². The number of anilines is 1. The molecule has 4 aromatic heterocycles. The summed E-state index contributed by atoms with van der Waals surface area (Å²) >= 11 is 2.93. The minimum atomic E-state index is -0.170. The zero-order valence-electron chi connectivity index (χ0n) is 16.5. The maximum absolute atomic E-state index is 12.3. The topological polar surface area (TPSA) is 93.8 Å². The number of nitrogens with one attached hydrogen (secondary N) is 1. The first-order valence-electron chi connectivity index (χ1n) is 9.29. The summed E-state index contributed by atoms with van der Waals surface area (Å²) in [6.07, 6.45) is 1.54. The van der Waals surface area contributed by atoms with E-state index >= 15 is 0 Å². The highest BCUT2D eigenvalue weighted by Gasteiger charge is 2.16. The Bertz CT molecular complexity index is 1440. The SMILES string of the molecule is Cc1cc(C)c2cc3c(nc2c1)sc1c(SCC(=O)Nc2cc(C)on2)ncnc13. The van der Waals surface area contributed by atoms with Crippen LogP contribution in [0.15, 0.2) is 40.1 Å². The number of thioether (sulfide) groups is 1. The number of aromatic nitrogens is 4. The molecule has 0 spiro atoms. The maximum atomic E-state index is 12.3. The number of rotatable bonds is 4. The summed E-state index contributed by atoms with van der Waals surface area (Å²) in [6.45, 7) is 5.95. The van der Waals surface area contributed by atoms with Gasteiger partial charge in [0.15, 0.2) is 5.82 Å². The lowest BCUT2D eigenvalue weighted by atomic mass is 10.1. The average molecular weight is 436 g/mol. The first kappa shape index (κ1) is 19.0. The van der Waals surface area contributed by atoms with E-state index < -0.39 is 0 Å². The number of thiophene rings is 1. The number of carbonyl (C=O) groups excluding carboxylic acids is 1. The Labute approximate surface area is 179 Å². The molecule has 30 heavy (non-hydrogen) atoms. The highest BCUT2D eigenvalue weighted by Crippen LogP contribution is 2.38. The molecular formula is C21H17N5O2S2. The van der Waals surface area contributed by atoms with Crippen LogP contribution in [0.1, 0.15) is 16.9 Å². The number of hydrogen-bond acceptors (Lipinski definition) is 8. The predicted molar refractivity (Wildman–Crippen MR) is 120 cm³/mol. The number of fused-ring (bicyclic) bond motifs is 4. The smallest absolute Gasteiger partial charge is 0.236 e. The van der Waals surface area contributed by atoms with Crippen molar-refractivity contribution in [1.29, 1.82) is 0 Å². The standard InChI is InChI=1S/C21H17N5O2S2/c1-10-4-11(2)13-7-14-18-19(30-20(14)24-15(13)5-10)21(23-9-22-18)29-8-17(27)25-16-6-12(3)28-26-16/h4-7,9H,8H2,1-3H3,(H,25,26,27). The molecule has 9 heteroatoms. The van der Waals surface area contributed by atoms with Gasteiger partial charge in [-0.05, 0) is 44.0 Å². The molecule has 0 aliphatic carbocycles. The molecule has 5 rings (SSSR count). The van der Waals surface area contributed by atoms with Gasteiger partial charge in [0, 0.05) is 16.8 Å². The molecule has 0 unspecified atom stereocenters. The minimum Gasteiger partial charge on any atom is -0.360 e. The van der Waals surface area contributed by atoms with E-state index in [1.807, 2.05) is 0 Å². The Morgan fingerprint density at radius 1 is 1.13 bits per heavy atom. The molecule has 5 aromatic rings. The number of benzene rings is 1. The summed E-state index contributed by atoms with van der Waals surface area (Å²) in [5.74, 6) is 1.09. The zero-order valence-corrected chi connectivity index (χ0v) is 18.1. The van der Waals surface area contributed by atoms with Gasteiger partial charge >= 0.3 is 0 Å². The molecule has 0 radical (unpaired) electrons. The third kappa shape index (κ3) is 3.40. The van der Waals surface area contributed by atoms with Gasteiger partial charge in [-0.15, -0.1) is 11.3 Å². The maximum Gasteiger partial charge on any atom is 0.236 e. The van der Waals surface area contributed by atoms with Crippen LogP contribution in [-0.2, 0) is 4.79 Å². The van der Waals surface area contributed by atoms with Gasteiger partial charge in [0.2, 0.25) is 5.91 Å². The third-order valence-electron chi connectivity index (χ3n) is 4.71. The molecule has 7 nitrogen and oxygen atoms in total. The fraction of sp³-hybridized carbons (Fsp3) is 0.190. The van der Waals surface area contributed by atoms with Crippen LogP contribution in [0.25, 0.3) is 31.3 Å². The van der Waals surface area contributed by atoms with Crippen LogP contribution in [0.5, 0.6) is 0 Å². The van der Waals surface area contributed by atoms with Crippen LogP contribution in [0, 0.1) is 20.8 Å². The summed E-state index contributed by atoms with van der Waals surface area (Å²) in [5, 5.41) is 9.42. The summed E-state index contributed by atoms with van der Waals surface area (Å²) in [5.41, 5.74) is 4.24. The Balaban J connectivity index is 1.49. The van der Waals surface area contributed by atoms with Crippen LogP contribution in [0.3, 0.4) is 0 Å². The van der Waals surface area contributed by atoms with Crippen LogP contribution in [-0.4, -0.2) is 31.8 Å². The van der Waals surface area contributed by atoms with Gasteiger partial charge < -0.3 is 9.84 Å². The van der Waals surface area contributed by atoms with E-state index in [0.29, 0.717) is 11.6 Å². The number of nitrogens with zero attached hydrogens (tertiary/aromatic N) is 4. The summed E-state index contributed by atoms with van der Waals surface area (Å²) in [7, 11) is 0. The summed E-state index contributed by atoms with van der Waals surface area (Å²) in [6, 6.07) is 8.10. The Morgan fingerprint density at radius 3 is 2.80 bits per heavy atom. The molecule has 0 atom stereocenters. The van der Waals surface area contributed by atoms with Crippen LogP contribution in [0.4, 0.5) is 5.82 Å². The Hall–Kier alpha value is -3.04. The lowest BCUT2D eigenvalue weighted by Crippen LogP contribution is -2.14. The largest absolute Gasteiger partial charge is 0.360 e. The third-order valence-corrected chi connectivity index (χ3v) is 6.92.